The zero-order valence-electron chi connectivity index (χ0n) is 18.5. The number of fused-ring (bicyclic) bond motifs is 1. The number of alkyl halides is 3. The normalized spacial score (nSPS) is 15.4. The molecule has 3 aromatic rings. The molecule has 1 fully saturated rings. The van der Waals surface area contributed by atoms with E-state index >= 15 is 4.39 Å². The SMILES string of the molecule is CC(C)(C)Cn1cc(CNS(=O)(=O)C2CC2)c2cc(F)c(-c3ncccc3C(F)(F)F)cc21. The highest BCUT2D eigenvalue weighted by Crippen LogP contribution is 2.39. The van der Waals surface area contributed by atoms with Crippen LogP contribution < -0.4 is 4.72 Å². The average molecular weight is 484 g/mol. The van der Waals surface area contributed by atoms with Crippen molar-refractivity contribution in [3.63, 3.8) is 0 Å². The highest BCUT2D eigenvalue weighted by molar-refractivity contribution is 7.90. The first-order valence-corrected chi connectivity index (χ1v) is 12.1. The maximum absolute atomic E-state index is 15.2. The van der Waals surface area contributed by atoms with Gasteiger partial charge in [0.1, 0.15) is 5.82 Å². The van der Waals surface area contributed by atoms with E-state index in [4.69, 9.17) is 0 Å². The van der Waals surface area contributed by atoms with Gasteiger partial charge in [0.2, 0.25) is 10.0 Å². The first-order chi connectivity index (χ1) is 15.3. The molecule has 0 unspecified atom stereocenters. The Morgan fingerprint density at radius 2 is 1.88 bits per heavy atom. The van der Waals surface area contributed by atoms with Crippen LogP contribution in [-0.2, 0) is 29.3 Å². The van der Waals surface area contributed by atoms with Gasteiger partial charge < -0.3 is 4.57 Å². The molecule has 1 aliphatic carbocycles. The fraction of sp³-hybridized carbons (Fsp3) is 0.435. The van der Waals surface area contributed by atoms with Gasteiger partial charge in [0.25, 0.3) is 0 Å². The minimum absolute atomic E-state index is 0.0251. The van der Waals surface area contributed by atoms with E-state index in [0.29, 0.717) is 35.9 Å². The minimum Gasteiger partial charge on any atom is -0.347 e. The number of hydrogen-bond donors (Lipinski definition) is 1. The summed E-state index contributed by atoms with van der Waals surface area (Å²) < 4.78 is 84.7. The molecule has 1 saturated carbocycles. The van der Waals surface area contributed by atoms with E-state index in [1.54, 1.807) is 6.20 Å². The molecule has 10 heteroatoms. The molecule has 1 aliphatic rings. The maximum Gasteiger partial charge on any atom is 0.418 e. The molecule has 0 amide bonds. The molecule has 4 rings (SSSR count). The van der Waals surface area contributed by atoms with Crippen molar-refractivity contribution in [3.8, 4) is 11.3 Å². The zero-order chi connectivity index (χ0) is 24.2. The summed E-state index contributed by atoms with van der Waals surface area (Å²) in [5, 5.41) is 0.0530. The quantitative estimate of drug-likeness (QED) is 0.472. The molecule has 0 saturated heterocycles. The molecule has 2 heterocycles. The molecule has 0 radical (unpaired) electrons. The molecule has 0 atom stereocenters. The standard InChI is InChI=1S/C23H25F4N3O2S/c1-22(2,3)13-30-12-14(11-29-33(31,32)15-6-7-15)16-9-19(24)17(10-20(16)30)21-18(23(25,26)27)5-4-8-28-21/h4-5,8-10,12,15,29H,6-7,11,13H2,1-3H3. The number of sulfonamides is 1. The topological polar surface area (TPSA) is 64.0 Å². The molecule has 0 aliphatic heterocycles. The number of nitrogens with zero attached hydrogens (tertiary/aromatic N) is 2. The van der Waals surface area contributed by atoms with Crippen molar-refractivity contribution < 1.29 is 26.0 Å². The summed E-state index contributed by atoms with van der Waals surface area (Å²) in [7, 11) is -3.45. The predicted molar refractivity (Wildman–Crippen MR) is 118 cm³/mol. The molecule has 1 aromatic carbocycles. The Hall–Kier alpha value is -2.46. The number of hydrogen-bond acceptors (Lipinski definition) is 3. The van der Waals surface area contributed by atoms with E-state index < -0.39 is 38.5 Å². The summed E-state index contributed by atoms with van der Waals surface area (Å²) in [5.41, 5.74) is -0.873. The van der Waals surface area contributed by atoms with Crippen LogP contribution in [0.25, 0.3) is 22.2 Å². The van der Waals surface area contributed by atoms with Crippen LogP contribution in [0.15, 0.2) is 36.7 Å². The van der Waals surface area contributed by atoms with Gasteiger partial charge in [-0.3, -0.25) is 4.98 Å². The largest absolute Gasteiger partial charge is 0.418 e. The number of benzene rings is 1. The zero-order valence-corrected chi connectivity index (χ0v) is 19.3. The van der Waals surface area contributed by atoms with Gasteiger partial charge in [-0.15, -0.1) is 0 Å². The number of rotatable bonds is 6. The Labute approximate surface area is 189 Å². The van der Waals surface area contributed by atoms with Gasteiger partial charge in [-0.25, -0.2) is 17.5 Å². The van der Waals surface area contributed by atoms with Crippen LogP contribution in [0.5, 0.6) is 0 Å². The van der Waals surface area contributed by atoms with E-state index in [-0.39, 0.29) is 17.5 Å². The fourth-order valence-corrected chi connectivity index (χ4v) is 5.22. The number of aromatic nitrogens is 2. The predicted octanol–water partition coefficient (Wildman–Crippen LogP) is 5.49. The van der Waals surface area contributed by atoms with Crippen molar-refractivity contribution >= 4 is 20.9 Å². The molecule has 33 heavy (non-hydrogen) atoms. The van der Waals surface area contributed by atoms with Gasteiger partial charge in [-0.1, -0.05) is 20.8 Å². The lowest BCUT2D eigenvalue weighted by atomic mass is 9.96. The Morgan fingerprint density at radius 3 is 2.48 bits per heavy atom. The second-order valence-electron chi connectivity index (χ2n) is 9.65. The van der Waals surface area contributed by atoms with Crippen LogP contribution in [0.1, 0.15) is 44.7 Å². The molecule has 5 nitrogen and oxygen atoms in total. The van der Waals surface area contributed by atoms with Crippen molar-refractivity contribution in [2.24, 2.45) is 5.41 Å². The van der Waals surface area contributed by atoms with Gasteiger partial charge >= 0.3 is 6.18 Å². The summed E-state index contributed by atoms with van der Waals surface area (Å²) >= 11 is 0. The number of nitrogens with one attached hydrogen (secondary N) is 1. The summed E-state index contributed by atoms with van der Waals surface area (Å²) in [6.07, 6.45) is -0.530. The molecule has 2 aromatic heterocycles. The van der Waals surface area contributed by atoms with Crippen LogP contribution in [0.3, 0.4) is 0 Å². The summed E-state index contributed by atoms with van der Waals surface area (Å²) in [4.78, 5) is 3.83. The molecule has 0 spiro atoms. The average Bonchev–Trinajstić information content (AvgIpc) is 3.50. The van der Waals surface area contributed by atoms with Crippen molar-refractivity contribution in [2.45, 2.75) is 58.1 Å². The maximum atomic E-state index is 15.2. The summed E-state index contributed by atoms with van der Waals surface area (Å²) in [5.74, 6) is -0.855. The van der Waals surface area contributed by atoms with E-state index in [2.05, 4.69) is 9.71 Å². The van der Waals surface area contributed by atoms with Crippen LogP contribution in [-0.4, -0.2) is 23.2 Å². The Morgan fingerprint density at radius 1 is 1.18 bits per heavy atom. The lowest BCUT2D eigenvalue weighted by Gasteiger charge is -2.20. The number of halogens is 4. The Bertz CT molecular complexity index is 1300. The highest BCUT2D eigenvalue weighted by Gasteiger charge is 2.36. The van der Waals surface area contributed by atoms with Crippen molar-refractivity contribution in [3.05, 3.63) is 53.6 Å². The smallest absolute Gasteiger partial charge is 0.347 e. The van der Waals surface area contributed by atoms with E-state index in [1.807, 2.05) is 25.3 Å². The fourth-order valence-electron chi connectivity index (χ4n) is 3.87. The second kappa shape index (κ2) is 8.09. The Kier molecular flexibility index (Phi) is 5.81. The Balaban J connectivity index is 1.84. The van der Waals surface area contributed by atoms with E-state index in [0.717, 1.165) is 12.1 Å². The third-order valence-electron chi connectivity index (χ3n) is 5.49. The van der Waals surface area contributed by atoms with E-state index in [9.17, 15) is 21.6 Å². The monoisotopic (exact) mass is 483 g/mol. The van der Waals surface area contributed by atoms with Gasteiger partial charge in [0.15, 0.2) is 0 Å². The molecule has 178 valence electrons. The summed E-state index contributed by atoms with van der Waals surface area (Å²) in [6, 6.07) is 4.57. The second-order valence-corrected chi connectivity index (χ2v) is 11.7. The third kappa shape index (κ3) is 5.06. The van der Waals surface area contributed by atoms with Gasteiger partial charge in [-0.05, 0) is 48.1 Å². The lowest BCUT2D eigenvalue weighted by molar-refractivity contribution is -0.137. The van der Waals surface area contributed by atoms with Gasteiger partial charge in [-0.2, -0.15) is 13.2 Å². The first kappa shape index (κ1) is 23.7. The minimum atomic E-state index is -4.69. The summed E-state index contributed by atoms with van der Waals surface area (Å²) in [6.45, 7) is 6.47. The molecule has 1 N–H and O–H groups in total. The van der Waals surface area contributed by atoms with Crippen LogP contribution in [0.2, 0.25) is 0 Å². The number of pyridine rings is 1. The van der Waals surface area contributed by atoms with Crippen LogP contribution >= 0.6 is 0 Å². The first-order valence-electron chi connectivity index (χ1n) is 10.6. The van der Waals surface area contributed by atoms with Crippen molar-refractivity contribution in [2.75, 3.05) is 0 Å². The van der Waals surface area contributed by atoms with Gasteiger partial charge in [0, 0.05) is 41.9 Å². The molecule has 0 bridgehead atoms. The molecular weight excluding hydrogens is 458 g/mol. The van der Waals surface area contributed by atoms with Crippen LogP contribution in [0, 0.1) is 11.2 Å². The highest BCUT2D eigenvalue weighted by atomic mass is 32.2. The van der Waals surface area contributed by atoms with Crippen molar-refractivity contribution in [1.82, 2.24) is 14.3 Å². The van der Waals surface area contributed by atoms with Crippen LogP contribution in [0.4, 0.5) is 17.6 Å². The third-order valence-corrected chi connectivity index (χ3v) is 7.39. The van der Waals surface area contributed by atoms with E-state index in [1.165, 1.54) is 18.3 Å². The van der Waals surface area contributed by atoms with Gasteiger partial charge in [0.05, 0.1) is 16.5 Å². The molecular formula is C23H25F4N3O2S. The lowest BCUT2D eigenvalue weighted by Crippen LogP contribution is -2.26. The van der Waals surface area contributed by atoms with Crippen molar-refractivity contribution in [1.29, 1.82) is 0 Å².